The summed E-state index contributed by atoms with van der Waals surface area (Å²) < 4.78 is 11.0. The van der Waals surface area contributed by atoms with Crippen molar-refractivity contribution in [3.05, 3.63) is 29.5 Å². The molecule has 20 heavy (non-hydrogen) atoms. The fraction of sp³-hybridized carbons (Fsp3) is 0.400. The molecule has 1 aliphatic heterocycles. The molecule has 1 aromatic carbocycles. The van der Waals surface area contributed by atoms with Gasteiger partial charge >= 0.3 is 5.97 Å². The number of nitrogens with one attached hydrogen (secondary N) is 1. The molecule has 3 rings (SSSR count). The van der Waals surface area contributed by atoms with Crippen molar-refractivity contribution in [2.75, 3.05) is 13.7 Å². The molecule has 0 amide bonds. The summed E-state index contributed by atoms with van der Waals surface area (Å²) in [4.78, 5) is 11.1. The van der Waals surface area contributed by atoms with E-state index in [0.717, 1.165) is 22.3 Å². The summed E-state index contributed by atoms with van der Waals surface area (Å²) in [5.74, 6) is 0.446. The Balaban J connectivity index is 2.02. The maximum absolute atomic E-state index is 11.1. The first kappa shape index (κ1) is 13.0. The zero-order valence-electron chi connectivity index (χ0n) is 11.5. The van der Waals surface area contributed by atoms with Crippen LogP contribution in [0.3, 0.4) is 0 Å². The molecule has 1 fully saturated rings. The summed E-state index contributed by atoms with van der Waals surface area (Å²) >= 11 is 0. The molecular weight excluding hydrogens is 258 g/mol. The number of hydrogen-bond donors (Lipinski definition) is 2. The lowest BCUT2D eigenvalue weighted by molar-refractivity contribution is -0.141. The monoisotopic (exact) mass is 275 g/mol. The van der Waals surface area contributed by atoms with Crippen molar-refractivity contribution < 1.29 is 19.1 Å². The van der Waals surface area contributed by atoms with E-state index in [1.165, 1.54) is 0 Å². The van der Waals surface area contributed by atoms with E-state index in [-0.39, 0.29) is 12.0 Å². The molecule has 0 bridgehead atoms. The molecule has 2 aromatic rings. The van der Waals surface area contributed by atoms with Crippen LogP contribution in [0, 0.1) is 12.8 Å². The number of rotatable bonds is 3. The molecule has 2 unspecified atom stereocenters. The molecule has 1 saturated heterocycles. The zero-order chi connectivity index (χ0) is 14.3. The number of furan rings is 1. The second-order valence-corrected chi connectivity index (χ2v) is 5.19. The van der Waals surface area contributed by atoms with Crippen LogP contribution in [0.5, 0.6) is 5.75 Å². The Bertz CT molecular complexity index is 661. The first-order valence-corrected chi connectivity index (χ1v) is 6.63. The molecule has 0 spiro atoms. The largest absolute Gasteiger partial charge is 0.493 e. The summed E-state index contributed by atoms with van der Waals surface area (Å²) in [5.41, 5.74) is 1.80. The van der Waals surface area contributed by atoms with E-state index in [1.54, 1.807) is 7.11 Å². The maximum Gasteiger partial charge on any atom is 0.307 e. The van der Waals surface area contributed by atoms with E-state index < -0.39 is 5.97 Å². The predicted molar refractivity (Wildman–Crippen MR) is 74.0 cm³/mol. The van der Waals surface area contributed by atoms with Crippen molar-refractivity contribution in [1.29, 1.82) is 0 Å². The van der Waals surface area contributed by atoms with Gasteiger partial charge in [-0.3, -0.25) is 4.79 Å². The first-order valence-electron chi connectivity index (χ1n) is 6.63. The van der Waals surface area contributed by atoms with Gasteiger partial charge in [-0.1, -0.05) is 6.07 Å². The van der Waals surface area contributed by atoms with E-state index in [0.29, 0.717) is 18.7 Å². The number of fused-ring (bicyclic) bond motifs is 1. The number of aliphatic carboxylic acids is 1. The van der Waals surface area contributed by atoms with Crippen molar-refractivity contribution in [2.24, 2.45) is 5.92 Å². The minimum atomic E-state index is -0.742. The highest BCUT2D eigenvalue weighted by Gasteiger charge is 2.31. The number of carboxylic acids is 1. The van der Waals surface area contributed by atoms with Gasteiger partial charge < -0.3 is 19.6 Å². The van der Waals surface area contributed by atoms with Gasteiger partial charge in [0.1, 0.15) is 5.76 Å². The van der Waals surface area contributed by atoms with E-state index in [1.807, 2.05) is 25.1 Å². The van der Waals surface area contributed by atoms with Crippen molar-refractivity contribution in [3.8, 4) is 5.75 Å². The lowest BCUT2D eigenvalue weighted by atomic mass is 9.97. The van der Waals surface area contributed by atoms with Crippen LogP contribution in [0.2, 0.25) is 0 Å². The van der Waals surface area contributed by atoms with Gasteiger partial charge in [0.15, 0.2) is 11.3 Å². The topological polar surface area (TPSA) is 71.7 Å². The maximum atomic E-state index is 11.1. The Labute approximate surface area is 116 Å². The molecule has 1 aliphatic rings. The second-order valence-electron chi connectivity index (χ2n) is 5.19. The molecule has 2 atom stereocenters. The highest BCUT2D eigenvalue weighted by molar-refractivity contribution is 5.87. The van der Waals surface area contributed by atoms with Gasteiger partial charge in [0.05, 0.1) is 13.0 Å². The molecular formula is C15H17NO4. The summed E-state index contributed by atoms with van der Waals surface area (Å²) in [7, 11) is 1.61. The van der Waals surface area contributed by atoms with Gasteiger partial charge in [-0.05, 0) is 31.0 Å². The molecule has 2 N–H and O–H groups in total. The number of benzene rings is 1. The fourth-order valence-corrected chi connectivity index (χ4v) is 2.87. The van der Waals surface area contributed by atoms with Crippen LogP contribution >= 0.6 is 0 Å². The third kappa shape index (κ3) is 2.04. The average Bonchev–Trinajstić information content (AvgIpc) is 3.02. The van der Waals surface area contributed by atoms with E-state index in [9.17, 15) is 4.79 Å². The van der Waals surface area contributed by atoms with Crippen molar-refractivity contribution >= 4 is 16.9 Å². The quantitative estimate of drug-likeness (QED) is 0.900. The molecule has 5 nitrogen and oxygen atoms in total. The zero-order valence-corrected chi connectivity index (χ0v) is 11.5. The molecule has 0 saturated carbocycles. The van der Waals surface area contributed by atoms with Crippen molar-refractivity contribution in [2.45, 2.75) is 19.4 Å². The summed E-state index contributed by atoms with van der Waals surface area (Å²) in [5, 5.41) is 13.4. The molecule has 2 heterocycles. The third-order valence-electron chi connectivity index (χ3n) is 3.88. The van der Waals surface area contributed by atoms with E-state index in [2.05, 4.69) is 5.32 Å². The number of aryl methyl sites for hydroxylation is 1. The summed E-state index contributed by atoms with van der Waals surface area (Å²) in [6, 6.07) is 5.87. The Hall–Kier alpha value is -2.01. The highest BCUT2D eigenvalue weighted by atomic mass is 16.5. The molecule has 1 aromatic heterocycles. The Morgan fingerprint density at radius 2 is 2.30 bits per heavy atom. The molecule has 0 radical (unpaired) electrons. The predicted octanol–water partition coefficient (Wildman–Crippen LogP) is 2.49. The van der Waals surface area contributed by atoms with E-state index in [4.69, 9.17) is 14.3 Å². The SMILES string of the molecule is COc1ccc(C2CC(C(=O)O)CN2)c2cc(C)oc12. The lowest BCUT2D eigenvalue weighted by Crippen LogP contribution is -2.17. The minimum absolute atomic E-state index is 0.0431. The van der Waals surface area contributed by atoms with Crippen LogP contribution in [0.25, 0.3) is 11.0 Å². The van der Waals surface area contributed by atoms with Crippen LogP contribution in [0.4, 0.5) is 0 Å². The third-order valence-corrected chi connectivity index (χ3v) is 3.88. The Kier molecular flexibility index (Phi) is 3.14. The first-order chi connectivity index (χ1) is 9.60. The van der Waals surface area contributed by atoms with Gasteiger partial charge in [-0.2, -0.15) is 0 Å². The Morgan fingerprint density at radius 1 is 1.50 bits per heavy atom. The van der Waals surface area contributed by atoms with Gasteiger partial charge in [0.25, 0.3) is 0 Å². The smallest absolute Gasteiger partial charge is 0.307 e. The Morgan fingerprint density at radius 3 is 2.95 bits per heavy atom. The van der Waals surface area contributed by atoms with Crippen LogP contribution in [-0.2, 0) is 4.79 Å². The number of methoxy groups -OCH3 is 1. The summed E-state index contributed by atoms with van der Waals surface area (Å²) in [6.45, 7) is 2.40. The van der Waals surface area contributed by atoms with Crippen LogP contribution in [-0.4, -0.2) is 24.7 Å². The minimum Gasteiger partial charge on any atom is -0.493 e. The van der Waals surface area contributed by atoms with Crippen molar-refractivity contribution in [3.63, 3.8) is 0 Å². The van der Waals surface area contributed by atoms with Gasteiger partial charge in [0.2, 0.25) is 0 Å². The standard InChI is InChI=1S/C15H17NO4/c1-8-5-11-10(3-4-13(19-2)14(11)20-8)12-6-9(7-16-12)15(17)18/h3-5,9,12,16H,6-7H2,1-2H3,(H,17,18). The van der Waals surface area contributed by atoms with Crippen molar-refractivity contribution in [1.82, 2.24) is 5.32 Å². The number of hydrogen-bond acceptors (Lipinski definition) is 4. The van der Waals surface area contributed by atoms with Gasteiger partial charge in [-0.25, -0.2) is 0 Å². The van der Waals surface area contributed by atoms with E-state index >= 15 is 0 Å². The fourth-order valence-electron chi connectivity index (χ4n) is 2.87. The lowest BCUT2D eigenvalue weighted by Gasteiger charge is -2.13. The van der Waals surface area contributed by atoms with Crippen LogP contribution in [0.1, 0.15) is 23.8 Å². The molecule has 5 heteroatoms. The highest BCUT2D eigenvalue weighted by Crippen LogP contribution is 2.37. The number of carbonyl (C=O) groups is 1. The number of carboxylic acid groups (broad SMARTS) is 1. The number of ether oxygens (including phenoxy) is 1. The molecule has 106 valence electrons. The summed E-state index contributed by atoms with van der Waals surface area (Å²) in [6.07, 6.45) is 0.598. The van der Waals surface area contributed by atoms with Crippen LogP contribution in [0.15, 0.2) is 22.6 Å². The second kappa shape index (κ2) is 4.83. The van der Waals surface area contributed by atoms with Crippen LogP contribution < -0.4 is 10.1 Å². The molecule has 0 aliphatic carbocycles. The normalized spacial score (nSPS) is 22.3. The van der Waals surface area contributed by atoms with Gasteiger partial charge in [0, 0.05) is 18.0 Å². The van der Waals surface area contributed by atoms with Gasteiger partial charge in [-0.15, -0.1) is 0 Å². The average molecular weight is 275 g/mol.